The van der Waals surface area contributed by atoms with E-state index >= 15 is 0 Å². The molecular formula is C11H14N4S. The summed E-state index contributed by atoms with van der Waals surface area (Å²) in [6.07, 6.45) is 1.06. The SMILES string of the molecule is NC1CCN(c2cc(-c3cccs3)[nH]n2)C1. The van der Waals surface area contributed by atoms with Gasteiger partial charge in [0.05, 0.1) is 10.6 Å². The molecule has 1 saturated heterocycles. The van der Waals surface area contributed by atoms with E-state index in [0.717, 1.165) is 31.0 Å². The van der Waals surface area contributed by atoms with Crippen LogP contribution >= 0.6 is 11.3 Å². The number of nitrogens with one attached hydrogen (secondary N) is 1. The number of thiophene rings is 1. The Morgan fingerprint density at radius 2 is 2.50 bits per heavy atom. The lowest BCUT2D eigenvalue weighted by Gasteiger charge is -2.13. The summed E-state index contributed by atoms with van der Waals surface area (Å²) in [5.74, 6) is 1.01. The first-order valence-corrected chi connectivity index (χ1v) is 6.31. The summed E-state index contributed by atoms with van der Waals surface area (Å²) in [7, 11) is 0. The van der Waals surface area contributed by atoms with Gasteiger partial charge in [-0.3, -0.25) is 5.10 Å². The third-order valence-electron chi connectivity index (χ3n) is 2.90. The van der Waals surface area contributed by atoms with Crippen molar-refractivity contribution in [2.75, 3.05) is 18.0 Å². The lowest BCUT2D eigenvalue weighted by Crippen LogP contribution is -2.26. The van der Waals surface area contributed by atoms with Crippen molar-refractivity contribution in [1.82, 2.24) is 10.2 Å². The van der Waals surface area contributed by atoms with E-state index in [9.17, 15) is 0 Å². The molecule has 0 saturated carbocycles. The zero-order valence-electron chi connectivity index (χ0n) is 8.89. The smallest absolute Gasteiger partial charge is 0.151 e. The number of hydrogen-bond acceptors (Lipinski definition) is 4. The van der Waals surface area contributed by atoms with Gasteiger partial charge in [0.1, 0.15) is 0 Å². The fraction of sp³-hybridized carbons (Fsp3) is 0.364. The van der Waals surface area contributed by atoms with Crippen molar-refractivity contribution in [2.45, 2.75) is 12.5 Å². The van der Waals surface area contributed by atoms with E-state index in [1.54, 1.807) is 11.3 Å². The van der Waals surface area contributed by atoms with E-state index in [0.29, 0.717) is 6.04 Å². The molecule has 0 bridgehead atoms. The van der Waals surface area contributed by atoms with Crippen LogP contribution in [0.3, 0.4) is 0 Å². The summed E-state index contributed by atoms with van der Waals surface area (Å²) in [6.45, 7) is 1.92. The van der Waals surface area contributed by atoms with Crippen LogP contribution in [0.2, 0.25) is 0 Å². The van der Waals surface area contributed by atoms with Crippen LogP contribution in [0.25, 0.3) is 10.6 Å². The van der Waals surface area contributed by atoms with Crippen LogP contribution in [0.4, 0.5) is 5.82 Å². The maximum Gasteiger partial charge on any atom is 0.151 e. The topological polar surface area (TPSA) is 57.9 Å². The molecule has 1 aliphatic heterocycles. The molecule has 1 atom stereocenters. The molecule has 2 aromatic rings. The number of anilines is 1. The van der Waals surface area contributed by atoms with Gasteiger partial charge in [-0.2, -0.15) is 5.10 Å². The molecule has 2 aromatic heterocycles. The molecule has 3 N–H and O–H groups in total. The van der Waals surface area contributed by atoms with Crippen molar-refractivity contribution >= 4 is 17.2 Å². The summed E-state index contributed by atoms with van der Waals surface area (Å²) in [5.41, 5.74) is 6.97. The Kier molecular flexibility index (Phi) is 2.41. The van der Waals surface area contributed by atoms with Crippen LogP contribution in [-0.2, 0) is 0 Å². The van der Waals surface area contributed by atoms with Gasteiger partial charge in [-0.15, -0.1) is 11.3 Å². The standard InChI is InChI=1S/C11H14N4S/c12-8-3-4-15(7-8)11-6-9(13-14-11)10-2-1-5-16-10/h1-2,5-6,8H,3-4,7,12H2,(H,13,14). The maximum absolute atomic E-state index is 5.89. The third-order valence-corrected chi connectivity index (χ3v) is 3.80. The molecule has 3 rings (SSSR count). The Hall–Kier alpha value is -1.33. The lowest BCUT2D eigenvalue weighted by molar-refractivity contribution is 0.751. The first kappa shape index (κ1) is 9.86. The van der Waals surface area contributed by atoms with Crippen LogP contribution in [-0.4, -0.2) is 29.3 Å². The van der Waals surface area contributed by atoms with Gasteiger partial charge >= 0.3 is 0 Å². The highest BCUT2D eigenvalue weighted by molar-refractivity contribution is 7.13. The van der Waals surface area contributed by atoms with E-state index in [2.05, 4.69) is 32.6 Å². The fourth-order valence-electron chi connectivity index (χ4n) is 2.03. The predicted octanol–water partition coefficient (Wildman–Crippen LogP) is 1.68. The number of nitrogens with two attached hydrogens (primary N) is 1. The summed E-state index contributed by atoms with van der Waals surface area (Å²) >= 11 is 1.72. The molecule has 3 heterocycles. The minimum Gasteiger partial charge on any atom is -0.354 e. The molecule has 0 aromatic carbocycles. The number of rotatable bonds is 2. The van der Waals surface area contributed by atoms with Crippen molar-refractivity contribution in [3.63, 3.8) is 0 Å². The Morgan fingerprint density at radius 3 is 3.19 bits per heavy atom. The number of hydrogen-bond donors (Lipinski definition) is 2. The molecule has 5 heteroatoms. The quantitative estimate of drug-likeness (QED) is 0.831. The first-order valence-electron chi connectivity index (χ1n) is 5.43. The van der Waals surface area contributed by atoms with E-state index < -0.39 is 0 Å². The molecule has 0 spiro atoms. The Labute approximate surface area is 98.1 Å². The zero-order chi connectivity index (χ0) is 11.0. The average molecular weight is 234 g/mol. The van der Waals surface area contributed by atoms with Crippen LogP contribution in [0.1, 0.15) is 6.42 Å². The molecule has 84 valence electrons. The largest absolute Gasteiger partial charge is 0.354 e. The summed E-state index contributed by atoms with van der Waals surface area (Å²) in [6, 6.07) is 6.54. The summed E-state index contributed by atoms with van der Waals surface area (Å²) in [5, 5.41) is 9.49. The zero-order valence-corrected chi connectivity index (χ0v) is 9.70. The van der Waals surface area contributed by atoms with E-state index in [1.807, 2.05) is 6.07 Å². The van der Waals surface area contributed by atoms with Gasteiger partial charge < -0.3 is 10.6 Å². The van der Waals surface area contributed by atoms with Crippen LogP contribution in [0, 0.1) is 0 Å². The van der Waals surface area contributed by atoms with Crippen molar-refractivity contribution < 1.29 is 0 Å². The van der Waals surface area contributed by atoms with E-state index in [4.69, 9.17) is 5.73 Å². The lowest BCUT2D eigenvalue weighted by atomic mass is 10.3. The highest BCUT2D eigenvalue weighted by Crippen LogP contribution is 2.26. The highest BCUT2D eigenvalue weighted by atomic mass is 32.1. The van der Waals surface area contributed by atoms with Crippen molar-refractivity contribution in [3.05, 3.63) is 23.6 Å². The molecule has 0 radical (unpaired) electrons. The van der Waals surface area contributed by atoms with Crippen molar-refractivity contribution in [1.29, 1.82) is 0 Å². The molecule has 16 heavy (non-hydrogen) atoms. The normalized spacial score (nSPS) is 20.6. The molecule has 0 aliphatic carbocycles. The minimum atomic E-state index is 0.293. The predicted molar refractivity (Wildman–Crippen MR) is 66.7 cm³/mol. The summed E-state index contributed by atoms with van der Waals surface area (Å²) in [4.78, 5) is 3.46. The summed E-state index contributed by atoms with van der Waals surface area (Å²) < 4.78 is 0. The Morgan fingerprint density at radius 1 is 1.56 bits per heavy atom. The Bertz CT molecular complexity index is 462. The number of nitrogens with zero attached hydrogens (tertiary/aromatic N) is 2. The van der Waals surface area contributed by atoms with Crippen LogP contribution < -0.4 is 10.6 Å². The molecular weight excluding hydrogens is 220 g/mol. The minimum absolute atomic E-state index is 0.293. The van der Waals surface area contributed by atoms with E-state index in [-0.39, 0.29) is 0 Å². The molecule has 0 amide bonds. The second-order valence-electron chi connectivity index (χ2n) is 4.11. The van der Waals surface area contributed by atoms with Crippen LogP contribution in [0.5, 0.6) is 0 Å². The monoisotopic (exact) mass is 234 g/mol. The average Bonchev–Trinajstić information content (AvgIpc) is 2.97. The molecule has 4 nitrogen and oxygen atoms in total. The van der Waals surface area contributed by atoms with Gasteiger partial charge in [0.25, 0.3) is 0 Å². The van der Waals surface area contributed by atoms with Crippen molar-refractivity contribution in [3.8, 4) is 10.6 Å². The van der Waals surface area contributed by atoms with E-state index in [1.165, 1.54) is 4.88 Å². The number of H-pyrrole nitrogens is 1. The molecule has 1 aliphatic rings. The highest BCUT2D eigenvalue weighted by Gasteiger charge is 2.21. The van der Waals surface area contributed by atoms with Gasteiger partial charge in [-0.05, 0) is 17.9 Å². The van der Waals surface area contributed by atoms with Gasteiger partial charge in [0, 0.05) is 25.2 Å². The van der Waals surface area contributed by atoms with Crippen LogP contribution in [0.15, 0.2) is 23.6 Å². The van der Waals surface area contributed by atoms with Gasteiger partial charge in [-0.25, -0.2) is 0 Å². The number of aromatic amines is 1. The first-order chi connectivity index (χ1) is 7.83. The van der Waals surface area contributed by atoms with Gasteiger partial charge in [0.15, 0.2) is 5.82 Å². The van der Waals surface area contributed by atoms with Crippen molar-refractivity contribution in [2.24, 2.45) is 5.73 Å². The van der Waals surface area contributed by atoms with Gasteiger partial charge in [0.2, 0.25) is 0 Å². The molecule has 1 unspecified atom stereocenters. The number of aromatic nitrogens is 2. The second kappa shape index (κ2) is 3.92. The fourth-order valence-corrected chi connectivity index (χ4v) is 2.72. The molecule has 1 fully saturated rings. The maximum atomic E-state index is 5.89. The van der Waals surface area contributed by atoms with Gasteiger partial charge in [-0.1, -0.05) is 6.07 Å². The Balaban J connectivity index is 1.83. The second-order valence-corrected chi connectivity index (χ2v) is 5.06. The third kappa shape index (κ3) is 1.72.